The van der Waals surface area contributed by atoms with Gasteiger partial charge in [-0.2, -0.15) is 0 Å². The molecular weight excluding hydrogens is 294 g/mol. The minimum atomic E-state index is -0.970. The topological polar surface area (TPSA) is 69.6 Å². The van der Waals surface area contributed by atoms with E-state index < -0.39 is 35.6 Å². The van der Waals surface area contributed by atoms with Crippen molar-refractivity contribution >= 4 is 12.0 Å². The highest BCUT2D eigenvalue weighted by molar-refractivity contribution is 5.77. The van der Waals surface area contributed by atoms with E-state index in [9.17, 15) is 18.4 Å². The van der Waals surface area contributed by atoms with E-state index in [1.165, 1.54) is 11.0 Å². The van der Waals surface area contributed by atoms with Crippen LogP contribution in [-0.4, -0.2) is 35.1 Å². The summed E-state index contributed by atoms with van der Waals surface area (Å²) in [6.45, 7) is 2.30. The summed E-state index contributed by atoms with van der Waals surface area (Å²) >= 11 is 0. The van der Waals surface area contributed by atoms with Gasteiger partial charge in [0.1, 0.15) is 0 Å². The van der Waals surface area contributed by atoms with Crippen LogP contribution in [0, 0.1) is 17.6 Å². The lowest BCUT2D eigenvalue weighted by atomic mass is 9.98. The van der Waals surface area contributed by atoms with Crippen LogP contribution in [0.15, 0.2) is 18.2 Å². The third kappa shape index (κ3) is 3.72. The summed E-state index contributed by atoms with van der Waals surface area (Å²) in [5, 5.41) is 11.7. The van der Waals surface area contributed by atoms with Crippen molar-refractivity contribution in [1.82, 2.24) is 10.2 Å². The third-order valence-electron chi connectivity index (χ3n) is 3.84. The molecule has 1 aliphatic heterocycles. The maximum atomic E-state index is 13.2. The number of nitrogens with one attached hydrogen (secondary N) is 1. The number of carboxylic acid groups (broad SMARTS) is 1. The number of aliphatic carboxylic acids is 1. The average molecular weight is 312 g/mol. The molecule has 0 saturated carbocycles. The van der Waals surface area contributed by atoms with Gasteiger partial charge in [-0.15, -0.1) is 0 Å². The number of hydrogen-bond acceptors (Lipinski definition) is 2. The molecule has 1 saturated heterocycles. The Kier molecular flexibility index (Phi) is 4.95. The van der Waals surface area contributed by atoms with Gasteiger partial charge in [0.05, 0.1) is 12.0 Å². The van der Waals surface area contributed by atoms with Crippen LogP contribution in [0.1, 0.15) is 31.4 Å². The first-order valence-electron chi connectivity index (χ1n) is 7.11. The normalized spacial score (nSPS) is 19.6. The van der Waals surface area contributed by atoms with Crippen molar-refractivity contribution in [2.45, 2.75) is 25.8 Å². The fraction of sp³-hybridized carbons (Fsp3) is 0.467. The first kappa shape index (κ1) is 16.2. The lowest BCUT2D eigenvalue weighted by Gasteiger charge is -2.31. The average Bonchev–Trinajstić information content (AvgIpc) is 2.50. The summed E-state index contributed by atoms with van der Waals surface area (Å²) in [5.41, 5.74) is 0.444. The van der Waals surface area contributed by atoms with Gasteiger partial charge < -0.3 is 15.3 Å². The summed E-state index contributed by atoms with van der Waals surface area (Å²) in [6.07, 6.45) is 1.18. The van der Waals surface area contributed by atoms with Crippen LogP contribution in [0.25, 0.3) is 0 Å². The Morgan fingerprint density at radius 1 is 1.36 bits per heavy atom. The highest BCUT2D eigenvalue weighted by Gasteiger charge is 2.28. The third-order valence-corrected chi connectivity index (χ3v) is 3.84. The predicted octanol–water partition coefficient (Wildman–Crippen LogP) is 2.53. The summed E-state index contributed by atoms with van der Waals surface area (Å²) in [6, 6.07) is 2.54. The smallest absolute Gasteiger partial charge is 0.317 e. The summed E-state index contributed by atoms with van der Waals surface area (Å²) < 4.78 is 26.1. The van der Waals surface area contributed by atoms with Crippen LogP contribution in [0.2, 0.25) is 0 Å². The number of nitrogens with zero attached hydrogens (tertiary/aromatic N) is 1. The second kappa shape index (κ2) is 6.72. The molecule has 120 valence electrons. The Labute approximate surface area is 126 Å². The van der Waals surface area contributed by atoms with E-state index >= 15 is 0 Å². The lowest BCUT2D eigenvalue weighted by molar-refractivity contribution is -0.143. The van der Waals surface area contributed by atoms with Gasteiger partial charge in [-0.25, -0.2) is 13.6 Å². The zero-order valence-electron chi connectivity index (χ0n) is 12.2. The van der Waals surface area contributed by atoms with Crippen LogP contribution < -0.4 is 5.32 Å². The van der Waals surface area contributed by atoms with Crippen LogP contribution in [0.5, 0.6) is 0 Å². The summed E-state index contributed by atoms with van der Waals surface area (Å²) in [5.74, 6) is -3.38. The quantitative estimate of drug-likeness (QED) is 0.901. The number of likely N-dealkylation sites (tertiary alicyclic amines) is 1. The zero-order valence-corrected chi connectivity index (χ0v) is 12.2. The highest BCUT2D eigenvalue weighted by Crippen LogP contribution is 2.19. The number of benzene rings is 1. The number of urea groups is 1. The molecule has 1 aromatic carbocycles. The molecule has 0 aliphatic carbocycles. The lowest BCUT2D eigenvalue weighted by Crippen LogP contribution is -2.47. The van der Waals surface area contributed by atoms with E-state index in [0.29, 0.717) is 24.9 Å². The van der Waals surface area contributed by atoms with Gasteiger partial charge in [0.2, 0.25) is 0 Å². The monoisotopic (exact) mass is 312 g/mol. The van der Waals surface area contributed by atoms with E-state index in [1.807, 2.05) is 0 Å². The Bertz CT molecular complexity index is 580. The van der Waals surface area contributed by atoms with Gasteiger partial charge in [-0.05, 0) is 37.5 Å². The van der Waals surface area contributed by atoms with Crippen molar-refractivity contribution in [2.75, 3.05) is 13.1 Å². The number of carbonyl (C=O) groups excluding carboxylic acids is 1. The molecule has 0 bridgehead atoms. The predicted molar refractivity (Wildman–Crippen MR) is 75.2 cm³/mol. The SMILES string of the molecule is CC(NC(=O)N1CCCC(C(=O)O)C1)c1ccc(F)c(F)c1. The molecule has 1 heterocycles. The van der Waals surface area contributed by atoms with E-state index in [0.717, 1.165) is 12.1 Å². The molecule has 1 aromatic rings. The van der Waals surface area contributed by atoms with Crippen molar-refractivity contribution in [1.29, 1.82) is 0 Å². The Balaban J connectivity index is 1.98. The Morgan fingerprint density at radius 3 is 2.73 bits per heavy atom. The molecule has 5 nitrogen and oxygen atoms in total. The fourth-order valence-corrected chi connectivity index (χ4v) is 2.50. The molecule has 2 atom stereocenters. The van der Waals surface area contributed by atoms with Gasteiger partial charge >= 0.3 is 12.0 Å². The number of carboxylic acids is 1. The van der Waals surface area contributed by atoms with Crippen LogP contribution in [0.4, 0.5) is 13.6 Å². The van der Waals surface area contributed by atoms with Gasteiger partial charge in [0, 0.05) is 13.1 Å². The van der Waals surface area contributed by atoms with Gasteiger partial charge in [0.15, 0.2) is 11.6 Å². The standard InChI is InChI=1S/C15H18F2N2O3/c1-9(10-4-5-12(16)13(17)7-10)18-15(22)19-6-2-3-11(8-19)14(20)21/h4-5,7,9,11H,2-3,6,8H2,1H3,(H,18,22)(H,20,21). The maximum absolute atomic E-state index is 13.2. The minimum Gasteiger partial charge on any atom is -0.481 e. The first-order valence-corrected chi connectivity index (χ1v) is 7.11. The number of rotatable bonds is 3. The molecule has 1 fully saturated rings. The van der Waals surface area contributed by atoms with E-state index in [4.69, 9.17) is 5.11 Å². The molecule has 22 heavy (non-hydrogen) atoms. The number of carbonyl (C=O) groups is 2. The van der Waals surface area contributed by atoms with Crippen LogP contribution in [-0.2, 0) is 4.79 Å². The number of halogens is 2. The highest BCUT2D eigenvalue weighted by atomic mass is 19.2. The largest absolute Gasteiger partial charge is 0.481 e. The molecule has 0 radical (unpaired) electrons. The van der Waals surface area contributed by atoms with Gasteiger partial charge in [-0.3, -0.25) is 4.79 Å². The van der Waals surface area contributed by atoms with Crippen LogP contribution >= 0.6 is 0 Å². The summed E-state index contributed by atoms with van der Waals surface area (Å²) in [7, 11) is 0. The van der Waals surface area contributed by atoms with Crippen molar-refractivity contribution in [3.05, 3.63) is 35.4 Å². The van der Waals surface area contributed by atoms with Crippen molar-refractivity contribution in [2.24, 2.45) is 5.92 Å². The molecule has 0 aromatic heterocycles. The molecule has 2 unspecified atom stereocenters. The molecule has 1 aliphatic rings. The fourth-order valence-electron chi connectivity index (χ4n) is 2.50. The van der Waals surface area contributed by atoms with Gasteiger partial charge in [-0.1, -0.05) is 6.07 Å². The number of hydrogen-bond donors (Lipinski definition) is 2. The Morgan fingerprint density at radius 2 is 2.09 bits per heavy atom. The molecular formula is C15H18F2N2O3. The zero-order chi connectivity index (χ0) is 16.3. The molecule has 0 spiro atoms. The molecule has 7 heteroatoms. The maximum Gasteiger partial charge on any atom is 0.317 e. The van der Waals surface area contributed by atoms with E-state index in [1.54, 1.807) is 6.92 Å². The van der Waals surface area contributed by atoms with Gasteiger partial charge in [0.25, 0.3) is 0 Å². The van der Waals surface area contributed by atoms with Crippen LogP contribution in [0.3, 0.4) is 0 Å². The van der Waals surface area contributed by atoms with E-state index in [2.05, 4.69) is 5.32 Å². The first-order chi connectivity index (χ1) is 10.4. The van der Waals surface area contributed by atoms with E-state index in [-0.39, 0.29) is 6.54 Å². The molecule has 2 rings (SSSR count). The second-order valence-electron chi connectivity index (χ2n) is 5.47. The minimum absolute atomic E-state index is 0.158. The van der Waals surface area contributed by atoms with Crippen molar-refractivity contribution in [3.63, 3.8) is 0 Å². The second-order valence-corrected chi connectivity index (χ2v) is 5.47. The van der Waals surface area contributed by atoms with Crippen molar-refractivity contribution < 1.29 is 23.5 Å². The molecule has 2 N–H and O–H groups in total. The number of amides is 2. The van der Waals surface area contributed by atoms with Crippen molar-refractivity contribution in [3.8, 4) is 0 Å². The molecule has 2 amide bonds. The Hall–Kier alpha value is -2.18. The number of piperidine rings is 1. The summed E-state index contributed by atoms with van der Waals surface area (Å²) in [4.78, 5) is 24.6.